The third kappa shape index (κ3) is 3.12. The Morgan fingerprint density at radius 3 is 2.79 bits per heavy atom. The van der Waals surface area contributed by atoms with Gasteiger partial charge in [-0.05, 0) is 25.5 Å². The van der Waals surface area contributed by atoms with E-state index in [1.807, 2.05) is 0 Å². The average molecular weight is 331 g/mol. The fraction of sp³-hybridized carbons (Fsp3) is 0.471. The predicted octanol–water partition coefficient (Wildman–Crippen LogP) is 0.336. The number of hydrogen-bond acceptors (Lipinski definition) is 4. The number of nitrogens with one attached hydrogen (secondary N) is 1. The number of ether oxygens (including phenoxy) is 1. The third-order valence-electron chi connectivity index (χ3n) is 4.36. The van der Waals surface area contributed by atoms with Gasteiger partial charge in [0.15, 0.2) is 0 Å². The Morgan fingerprint density at radius 1 is 1.29 bits per heavy atom. The van der Waals surface area contributed by atoms with E-state index in [0.717, 1.165) is 17.6 Å². The summed E-state index contributed by atoms with van der Waals surface area (Å²) in [6, 6.07) is 6.87. The van der Waals surface area contributed by atoms with Gasteiger partial charge in [0.05, 0.1) is 17.5 Å². The molecule has 0 aliphatic carbocycles. The predicted molar refractivity (Wildman–Crippen MR) is 90.1 cm³/mol. The van der Waals surface area contributed by atoms with E-state index < -0.39 is 5.69 Å². The highest BCUT2D eigenvalue weighted by Crippen LogP contribution is 2.11. The molecule has 0 bridgehead atoms. The topological polar surface area (TPSA) is 82.3 Å². The fourth-order valence-electron chi connectivity index (χ4n) is 3.00. The number of nitrogens with zero attached hydrogens (tertiary/aromatic N) is 2. The molecule has 7 nitrogen and oxygen atoms in total. The average Bonchev–Trinajstić information content (AvgIpc) is 3.11. The molecule has 0 unspecified atom stereocenters. The van der Waals surface area contributed by atoms with Gasteiger partial charge in [-0.3, -0.25) is 18.7 Å². The lowest BCUT2D eigenvalue weighted by atomic mass is 10.1. The van der Waals surface area contributed by atoms with Crippen molar-refractivity contribution < 1.29 is 9.53 Å². The first-order valence-corrected chi connectivity index (χ1v) is 8.18. The first-order chi connectivity index (χ1) is 11.6. The second-order valence-electron chi connectivity index (χ2n) is 5.97. The number of benzene rings is 1. The number of amides is 1. The van der Waals surface area contributed by atoms with Crippen LogP contribution in [0, 0.1) is 5.92 Å². The number of carbonyl (C=O) groups is 1. The summed E-state index contributed by atoms with van der Waals surface area (Å²) in [6.45, 7) is 3.83. The zero-order valence-corrected chi connectivity index (χ0v) is 13.7. The van der Waals surface area contributed by atoms with Crippen LogP contribution in [-0.4, -0.2) is 34.8 Å². The molecule has 3 rings (SSSR count). The zero-order chi connectivity index (χ0) is 17.1. The SMILES string of the molecule is CCn1c(=O)c2ccccc2n(CC(=O)NC[C@H]2CCOC2)c1=O. The molecule has 1 fully saturated rings. The van der Waals surface area contributed by atoms with E-state index in [1.54, 1.807) is 31.2 Å². The molecular formula is C17H21N3O4. The van der Waals surface area contributed by atoms with Gasteiger partial charge >= 0.3 is 5.69 Å². The van der Waals surface area contributed by atoms with Crippen molar-refractivity contribution in [3.05, 3.63) is 45.1 Å². The van der Waals surface area contributed by atoms with E-state index in [2.05, 4.69) is 5.32 Å². The van der Waals surface area contributed by atoms with Crippen molar-refractivity contribution in [3.63, 3.8) is 0 Å². The van der Waals surface area contributed by atoms with E-state index in [0.29, 0.717) is 30.0 Å². The Bertz CT molecular complexity index is 862. The highest BCUT2D eigenvalue weighted by Gasteiger charge is 2.18. The normalized spacial score (nSPS) is 17.3. The Hall–Kier alpha value is -2.41. The maximum Gasteiger partial charge on any atom is 0.331 e. The molecule has 128 valence electrons. The van der Waals surface area contributed by atoms with Gasteiger partial charge in [0.2, 0.25) is 5.91 Å². The molecule has 1 aliphatic rings. The van der Waals surface area contributed by atoms with E-state index in [-0.39, 0.29) is 24.6 Å². The molecule has 2 aromatic rings. The van der Waals surface area contributed by atoms with Crippen LogP contribution in [0.1, 0.15) is 13.3 Å². The summed E-state index contributed by atoms with van der Waals surface area (Å²) in [4.78, 5) is 37.2. The van der Waals surface area contributed by atoms with Crippen molar-refractivity contribution in [1.29, 1.82) is 0 Å². The molecule has 1 aliphatic heterocycles. The van der Waals surface area contributed by atoms with Crippen LogP contribution in [0.2, 0.25) is 0 Å². The lowest BCUT2D eigenvalue weighted by Gasteiger charge is -2.14. The van der Waals surface area contributed by atoms with Gasteiger partial charge in [-0.1, -0.05) is 12.1 Å². The summed E-state index contributed by atoms with van der Waals surface area (Å²) in [6.07, 6.45) is 0.934. The summed E-state index contributed by atoms with van der Waals surface area (Å²) >= 11 is 0. The van der Waals surface area contributed by atoms with E-state index >= 15 is 0 Å². The largest absolute Gasteiger partial charge is 0.381 e. The van der Waals surface area contributed by atoms with Gasteiger partial charge in [-0.15, -0.1) is 0 Å². The third-order valence-corrected chi connectivity index (χ3v) is 4.36. The first-order valence-electron chi connectivity index (χ1n) is 8.18. The van der Waals surface area contributed by atoms with Gasteiger partial charge in [0.1, 0.15) is 6.54 Å². The van der Waals surface area contributed by atoms with Gasteiger partial charge in [-0.2, -0.15) is 0 Å². The second-order valence-corrected chi connectivity index (χ2v) is 5.97. The van der Waals surface area contributed by atoms with Gasteiger partial charge in [0.25, 0.3) is 5.56 Å². The Morgan fingerprint density at radius 2 is 2.08 bits per heavy atom. The number of carbonyl (C=O) groups excluding carboxylic acids is 1. The monoisotopic (exact) mass is 331 g/mol. The molecule has 0 radical (unpaired) electrons. The van der Waals surface area contributed by atoms with Crippen LogP contribution in [0.15, 0.2) is 33.9 Å². The van der Waals surface area contributed by atoms with Crippen LogP contribution < -0.4 is 16.6 Å². The number of hydrogen-bond donors (Lipinski definition) is 1. The maximum absolute atomic E-state index is 12.6. The maximum atomic E-state index is 12.6. The smallest absolute Gasteiger partial charge is 0.331 e. The molecule has 0 spiro atoms. The summed E-state index contributed by atoms with van der Waals surface area (Å²) in [5.41, 5.74) is -0.296. The fourth-order valence-corrected chi connectivity index (χ4v) is 3.00. The van der Waals surface area contributed by atoms with Crippen molar-refractivity contribution in [2.24, 2.45) is 5.92 Å². The number of fused-ring (bicyclic) bond motifs is 1. The number of aromatic nitrogens is 2. The van der Waals surface area contributed by atoms with Crippen molar-refractivity contribution >= 4 is 16.8 Å². The first kappa shape index (κ1) is 16.4. The van der Waals surface area contributed by atoms with Crippen molar-refractivity contribution in [1.82, 2.24) is 14.5 Å². The van der Waals surface area contributed by atoms with Crippen LogP contribution in [-0.2, 0) is 22.6 Å². The van der Waals surface area contributed by atoms with Crippen LogP contribution in [0.5, 0.6) is 0 Å². The van der Waals surface area contributed by atoms with E-state index in [9.17, 15) is 14.4 Å². The molecule has 1 atom stereocenters. The van der Waals surface area contributed by atoms with Crippen molar-refractivity contribution in [3.8, 4) is 0 Å². The Balaban J connectivity index is 1.89. The van der Waals surface area contributed by atoms with Crippen molar-refractivity contribution in [2.75, 3.05) is 19.8 Å². The second kappa shape index (κ2) is 7.00. The minimum absolute atomic E-state index is 0.104. The summed E-state index contributed by atoms with van der Waals surface area (Å²) < 4.78 is 7.80. The summed E-state index contributed by atoms with van der Waals surface area (Å²) in [5.74, 6) is 0.0856. The highest BCUT2D eigenvalue weighted by atomic mass is 16.5. The number of para-hydroxylation sites is 1. The van der Waals surface area contributed by atoms with E-state index in [4.69, 9.17) is 4.74 Å². The summed E-state index contributed by atoms with van der Waals surface area (Å²) in [5, 5.41) is 3.29. The van der Waals surface area contributed by atoms with Crippen molar-refractivity contribution in [2.45, 2.75) is 26.4 Å². The standard InChI is InChI=1S/C17H21N3O4/c1-2-19-16(22)13-5-3-4-6-14(13)20(17(19)23)10-15(21)18-9-12-7-8-24-11-12/h3-6,12H,2,7-11H2,1H3,(H,18,21)/t12-/m1/s1. The summed E-state index contributed by atoms with van der Waals surface area (Å²) in [7, 11) is 0. The lowest BCUT2D eigenvalue weighted by molar-refractivity contribution is -0.121. The van der Waals surface area contributed by atoms with Gasteiger partial charge < -0.3 is 10.1 Å². The van der Waals surface area contributed by atoms with Gasteiger partial charge in [0, 0.05) is 25.6 Å². The minimum Gasteiger partial charge on any atom is -0.381 e. The molecule has 1 aromatic carbocycles. The van der Waals surface area contributed by atoms with Crippen LogP contribution in [0.25, 0.3) is 10.9 Å². The Labute approximate surface area is 138 Å². The molecule has 1 N–H and O–H groups in total. The Kier molecular flexibility index (Phi) is 4.80. The van der Waals surface area contributed by atoms with Gasteiger partial charge in [-0.25, -0.2) is 4.79 Å². The quantitative estimate of drug-likeness (QED) is 0.856. The zero-order valence-electron chi connectivity index (χ0n) is 13.7. The molecule has 24 heavy (non-hydrogen) atoms. The van der Waals surface area contributed by atoms with Crippen LogP contribution in [0.4, 0.5) is 0 Å². The number of rotatable bonds is 5. The molecule has 2 heterocycles. The highest BCUT2D eigenvalue weighted by molar-refractivity contribution is 5.81. The molecule has 7 heteroatoms. The molecule has 1 saturated heterocycles. The lowest BCUT2D eigenvalue weighted by Crippen LogP contribution is -2.42. The molecule has 0 saturated carbocycles. The van der Waals surface area contributed by atoms with Crippen LogP contribution in [0.3, 0.4) is 0 Å². The minimum atomic E-state index is -0.458. The molecule has 1 amide bonds. The van der Waals surface area contributed by atoms with E-state index in [1.165, 1.54) is 4.57 Å². The molecule has 1 aromatic heterocycles. The molecular weight excluding hydrogens is 310 g/mol. The van der Waals surface area contributed by atoms with Crippen LogP contribution >= 0.6 is 0 Å².